The summed E-state index contributed by atoms with van der Waals surface area (Å²) in [7, 11) is 0. The predicted molar refractivity (Wildman–Crippen MR) is 54.9 cm³/mol. The first kappa shape index (κ1) is 11.7. The maximum absolute atomic E-state index is 13.2. The minimum atomic E-state index is -0.891. The maximum Gasteiger partial charge on any atom is 0.303 e. The fourth-order valence-electron chi connectivity index (χ4n) is 1.29. The Hall–Kier alpha value is -1.42. The van der Waals surface area contributed by atoms with Gasteiger partial charge in [-0.2, -0.15) is 0 Å². The molecule has 0 amide bonds. The molecular weight excluding hydrogens is 197 g/mol. The highest BCUT2D eigenvalue weighted by Crippen LogP contribution is 2.18. The van der Waals surface area contributed by atoms with Gasteiger partial charge < -0.3 is 10.8 Å². The SMILES string of the molecule is Cc1ccc(C(N)CCC(=O)O)cc1F. The number of hydrogen-bond donors (Lipinski definition) is 2. The third-order valence-corrected chi connectivity index (χ3v) is 2.29. The van der Waals surface area contributed by atoms with E-state index in [-0.39, 0.29) is 12.2 Å². The summed E-state index contributed by atoms with van der Waals surface area (Å²) >= 11 is 0. The number of aliphatic carboxylic acids is 1. The van der Waals surface area contributed by atoms with Crippen molar-refractivity contribution in [2.75, 3.05) is 0 Å². The first-order valence-electron chi connectivity index (χ1n) is 4.74. The molecule has 3 nitrogen and oxygen atoms in total. The van der Waals surface area contributed by atoms with Gasteiger partial charge in [0.1, 0.15) is 5.82 Å². The van der Waals surface area contributed by atoms with Crippen LogP contribution in [0.25, 0.3) is 0 Å². The summed E-state index contributed by atoms with van der Waals surface area (Å²) in [4.78, 5) is 10.3. The predicted octanol–water partition coefficient (Wildman–Crippen LogP) is 2.00. The summed E-state index contributed by atoms with van der Waals surface area (Å²) in [6.45, 7) is 1.67. The van der Waals surface area contributed by atoms with Crippen molar-refractivity contribution in [1.29, 1.82) is 0 Å². The first-order chi connectivity index (χ1) is 7.00. The van der Waals surface area contributed by atoms with Crippen LogP contribution < -0.4 is 5.73 Å². The lowest BCUT2D eigenvalue weighted by molar-refractivity contribution is -0.137. The van der Waals surface area contributed by atoms with Gasteiger partial charge in [0, 0.05) is 12.5 Å². The molecule has 0 heterocycles. The molecule has 3 N–H and O–H groups in total. The highest BCUT2D eigenvalue weighted by molar-refractivity contribution is 5.66. The van der Waals surface area contributed by atoms with Gasteiger partial charge in [-0.3, -0.25) is 4.79 Å². The van der Waals surface area contributed by atoms with Crippen molar-refractivity contribution >= 4 is 5.97 Å². The number of carbonyl (C=O) groups is 1. The lowest BCUT2D eigenvalue weighted by Gasteiger charge is -2.11. The van der Waals surface area contributed by atoms with Gasteiger partial charge in [0.05, 0.1) is 0 Å². The molecule has 1 atom stereocenters. The second kappa shape index (κ2) is 4.89. The van der Waals surface area contributed by atoms with Crippen LogP contribution in [0.4, 0.5) is 4.39 Å². The summed E-state index contributed by atoms with van der Waals surface area (Å²) in [6, 6.07) is 4.31. The van der Waals surface area contributed by atoms with E-state index in [2.05, 4.69) is 0 Å². The van der Waals surface area contributed by atoms with Crippen molar-refractivity contribution in [3.63, 3.8) is 0 Å². The van der Waals surface area contributed by atoms with Crippen LogP contribution in [0.3, 0.4) is 0 Å². The van der Waals surface area contributed by atoms with E-state index in [9.17, 15) is 9.18 Å². The fraction of sp³-hybridized carbons (Fsp3) is 0.364. The van der Waals surface area contributed by atoms with Crippen LogP contribution in [0, 0.1) is 12.7 Å². The molecule has 0 saturated heterocycles. The molecule has 1 aromatic carbocycles. The second-order valence-corrected chi connectivity index (χ2v) is 3.55. The Morgan fingerprint density at radius 2 is 2.27 bits per heavy atom. The smallest absolute Gasteiger partial charge is 0.303 e. The van der Waals surface area contributed by atoms with E-state index in [1.54, 1.807) is 19.1 Å². The number of carboxylic acid groups (broad SMARTS) is 1. The Labute approximate surface area is 87.7 Å². The summed E-state index contributed by atoms with van der Waals surface area (Å²) in [6.07, 6.45) is 0.314. The standard InChI is InChI=1S/C11H14FNO2/c1-7-2-3-8(6-9(7)12)10(13)4-5-11(14)15/h2-3,6,10H,4-5,13H2,1H3,(H,14,15). The van der Waals surface area contributed by atoms with E-state index in [1.807, 2.05) is 0 Å². The van der Waals surface area contributed by atoms with E-state index in [4.69, 9.17) is 10.8 Å². The van der Waals surface area contributed by atoms with Gasteiger partial charge >= 0.3 is 5.97 Å². The van der Waals surface area contributed by atoms with Crippen molar-refractivity contribution in [3.8, 4) is 0 Å². The maximum atomic E-state index is 13.2. The monoisotopic (exact) mass is 211 g/mol. The quantitative estimate of drug-likeness (QED) is 0.800. The van der Waals surface area contributed by atoms with Crippen LogP contribution in [-0.4, -0.2) is 11.1 Å². The molecule has 4 heteroatoms. The van der Waals surface area contributed by atoms with Gasteiger partial charge in [0.15, 0.2) is 0 Å². The number of benzene rings is 1. The van der Waals surface area contributed by atoms with Crippen LogP contribution in [0.5, 0.6) is 0 Å². The average Bonchev–Trinajstić information content (AvgIpc) is 2.18. The zero-order chi connectivity index (χ0) is 11.4. The zero-order valence-electron chi connectivity index (χ0n) is 8.53. The number of halogens is 1. The van der Waals surface area contributed by atoms with Gasteiger partial charge in [0.25, 0.3) is 0 Å². The lowest BCUT2D eigenvalue weighted by atomic mass is 10.0. The van der Waals surface area contributed by atoms with Gasteiger partial charge in [-0.1, -0.05) is 12.1 Å². The molecule has 1 aromatic rings. The number of hydrogen-bond acceptors (Lipinski definition) is 2. The third kappa shape index (κ3) is 3.32. The molecule has 0 aliphatic rings. The van der Waals surface area contributed by atoms with E-state index >= 15 is 0 Å². The van der Waals surface area contributed by atoms with Gasteiger partial charge in [-0.05, 0) is 30.5 Å². The van der Waals surface area contributed by atoms with Crippen molar-refractivity contribution in [1.82, 2.24) is 0 Å². The molecular formula is C11H14FNO2. The minimum absolute atomic E-state index is 0.00331. The Bertz CT molecular complexity index is 366. The molecule has 0 bridgehead atoms. The van der Waals surface area contributed by atoms with Crippen molar-refractivity contribution in [2.45, 2.75) is 25.8 Å². The second-order valence-electron chi connectivity index (χ2n) is 3.55. The van der Waals surface area contributed by atoms with Crippen LogP contribution >= 0.6 is 0 Å². The first-order valence-corrected chi connectivity index (χ1v) is 4.74. The van der Waals surface area contributed by atoms with Crippen molar-refractivity contribution in [3.05, 3.63) is 35.1 Å². The normalized spacial score (nSPS) is 12.5. The Balaban J connectivity index is 2.69. The minimum Gasteiger partial charge on any atom is -0.481 e. The summed E-state index contributed by atoms with van der Waals surface area (Å²) in [5.74, 6) is -1.20. The van der Waals surface area contributed by atoms with E-state index < -0.39 is 12.0 Å². The van der Waals surface area contributed by atoms with Crippen LogP contribution in [0.2, 0.25) is 0 Å². The van der Waals surface area contributed by atoms with Crippen LogP contribution in [0.1, 0.15) is 30.0 Å². The van der Waals surface area contributed by atoms with Gasteiger partial charge in [-0.15, -0.1) is 0 Å². The molecule has 0 aliphatic carbocycles. The number of nitrogens with two attached hydrogens (primary N) is 1. The largest absolute Gasteiger partial charge is 0.481 e. The molecule has 0 aliphatic heterocycles. The van der Waals surface area contributed by atoms with Gasteiger partial charge in [0.2, 0.25) is 0 Å². The topological polar surface area (TPSA) is 63.3 Å². The Morgan fingerprint density at radius 3 is 2.80 bits per heavy atom. The number of rotatable bonds is 4. The molecule has 0 radical (unpaired) electrons. The summed E-state index contributed by atoms with van der Waals surface area (Å²) in [5.41, 5.74) is 6.93. The Morgan fingerprint density at radius 1 is 1.60 bits per heavy atom. The van der Waals surface area contributed by atoms with Crippen LogP contribution in [-0.2, 0) is 4.79 Å². The lowest BCUT2D eigenvalue weighted by Crippen LogP contribution is -2.12. The van der Waals surface area contributed by atoms with Crippen molar-refractivity contribution < 1.29 is 14.3 Å². The average molecular weight is 211 g/mol. The highest BCUT2D eigenvalue weighted by atomic mass is 19.1. The fourth-order valence-corrected chi connectivity index (χ4v) is 1.29. The molecule has 0 fully saturated rings. The molecule has 1 unspecified atom stereocenters. The molecule has 0 aromatic heterocycles. The molecule has 0 spiro atoms. The molecule has 0 saturated carbocycles. The Kier molecular flexibility index (Phi) is 3.80. The molecule has 15 heavy (non-hydrogen) atoms. The number of aryl methyl sites for hydroxylation is 1. The highest BCUT2D eigenvalue weighted by Gasteiger charge is 2.09. The van der Waals surface area contributed by atoms with Crippen molar-refractivity contribution in [2.24, 2.45) is 5.73 Å². The summed E-state index contributed by atoms with van der Waals surface area (Å²) < 4.78 is 13.2. The molecule has 82 valence electrons. The van der Waals surface area contributed by atoms with Crippen LogP contribution in [0.15, 0.2) is 18.2 Å². The summed E-state index contributed by atoms with van der Waals surface area (Å²) in [5, 5.41) is 8.48. The van der Waals surface area contributed by atoms with Gasteiger partial charge in [-0.25, -0.2) is 4.39 Å². The third-order valence-electron chi connectivity index (χ3n) is 2.29. The zero-order valence-corrected chi connectivity index (χ0v) is 8.53. The van der Waals surface area contributed by atoms with E-state index in [0.717, 1.165) is 0 Å². The van der Waals surface area contributed by atoms with E-state index in [1.165, 1.54) is 6.07 Å². The van der Waals surface area contributed by atoms with E-state index in [0.29, 0.717) is 17.5 Å². The number of carboxylic acids is 1. The molecule has 1 rings (SSSR count).